The number of hydrogen-bond donors (Lipinski definition) is 2. The van der Waals surface area contributed by atoms with E-state index >= 15 is 0 Å². The maximum absolute atomic E-state index is 11.6. The van der Waals surface area contributed by atoms with Crippen LogP contribution in [0.5, 0.6) is 0 Å². The Balaban J connectivity index is 3.73. The van der Waals surface area contributed by atoms with E-state index in [9.17, 15) is 4.79 Å². The van der Waals surface area contributed by atoms with Gasteiger partial charge in [-0.05, 0) is 25.7 Å². The lowest BCUT2D eigenvalue weighted by Crippen LogP contribution is -2.34. The molecular weight excluding hydrogens is 202 g/mol. The zero-order valence-electron chi connectivity index (χ0n) is 10.8. The average molecular weight is 229 g/mol. The SMILES string of the molecule is CCCCC(CCC)NC(=O)CCCCO. The monoisotopic (exact) mass is 229 g/mol. The van der Waals surface area contributed by atoms with Crippen LogP contribution in [-0.4, -0.2) is 23.7 Å². The van der Waals surface area contributed by atoms with Crippen LogP contribution in [0.1, 0.15) is 65.2 Å². The standard InChI is InChI=1S/C13H27NO2/c1-3-5-9-12(8-4-2)14-13(16)10-6-7-11-15/h12,15H,3-11H2,1-2H3,(H,14,16). The quantitative estimate of drug-likeness (QED) is 0.566. The summed E-state index contributed by atoms with van der Waals surface area (Å²) in [4.78, 5) is 11.6. The highest BCUT2D eigenvalue weighted by Gasteiger charge is 2.10. The molecule has 0 saturated heterocycles. The molecule has 0 aromatic carbocycles. The summed E-state index contributed by atoms with van der Waals surface area (Å²) in [5.41, 5.74) is 0. The number of amides is 1. The van der Waals surface area contributed by atoms with Crippen molar-refractivity contribution in [1.82, 2.24) is 5.32 Å². The molecule has 3 nitrogen and oxygen atoms in total. The zero-order chi connectivity index (χ0) is 12.2. The Labute approximate surface area is 99.6 Å². The lowest BCUT2D eigenvalue weighted by Gasteiger charge is -2.17. The van der Waals surface area contributed by atoms with Crippen LogP contribution in [0.25, 0.3) is 0 Å². The van der Waals surface area contributed by atoms with Gasteiger partial charge >= 0.3 is 0 Å². The van der Waals surface area contributed by atoms with Crippen LogP contribution in [0.4, 0.5) is 0 Å². The second kappa shape index (κ2) is 10.9. The molecule has 1 amide bonds. The van der Waals surface area contributed by atoms with Gasteiger partial charge in [-0.2, -0.15) is 0 Å². The summed E-state index contributed by atoms with van der Waals surface area (Å²) in [6, 6.07) is 0.353. The third-order valence-corrected chi connectivity index (χ3v) is 2.72. The number of carbonyl (C=O) groups excluding carboxylic acids is 1. The first-order chi connectivity index (χ1) is 7.74. The number of aliphatic hydroxyl groups excluding tert-OH is 1. The van der Waals surface area contributed by atoms with E-state index in [1.807, 2.05) is 0 Å². The predicted octanol–water partition coefficient (Wildman–Crippen LogP) is 2.62. The normalized spacial score (nSPS) is 12.4. The van der Waals surface area contributed by atoms with E-state index in [1.54, 1.807) is 0 Å². The molecule has 0 aliphatic rings. The van der Waals surface area contributed by atoms with Gasteiger partial charge in [0.05, 0.1) is 0 Å². The topological polar surface area (TPSA) is 49.3 Å². The van der Waals surface area contributed by atoms with Crippen LogP contribution in [0.3, 0.4) is 0 Å². The van der Waals surface area contributed by atoms with Crippen molar-refractivity contribution in [1.29, 1.82) is 0 Å². The van der Waals surface area contributed by atoms with Crippen LogP contribution in [-0.2, 0) is 4.79 Å². The maximum atomic E-state index is 11.6. The predicted molar refractivity (Wildman–Crippen MR) is 67.3 cm³/mol. The van der Waals surface area contributed by atoms with E-state index in [0.717, 1.165) is 32.1 Å². The molecule has 3 heteroatoms. The van der Waals surface area contributed by atoms with Crippen molar-refractivity contribution in [2.75, 3.05) is 6.61 Å². The van der Waals surface area contributed by atoms with Crippen molar-refractivity contribution in [2.24, 2.45) is 0 Å². The highest BCUT2D eigenvalue weighted by atomic mass is 16.2. The number of unbranched alkanes of at least 4 members (excludes halogenated alkanes) is 2. The summed E-state index contributed by atoms with van der Waals surface area (Å²) in [5.74, 6) is 0.142. The van der Waals surface area contributed by atoms with Gasteiger partial charge in [-0.1, -0.05) is 33.1 Å². The summed E-state index contributed by atoms with van der Waals surface area (Å²) in [5, 5.41) is 11.7. The first kappa shape index (κ1) is 15.4. The molecule has 0 aromatic heterocycles. The summed E-state index contributed by atoms with van der Waals surface area (Å²) in [6.07, 6.45) is 7.71. The van der Waals surface area contributed by atoms with Crippen molar-refractivity contribution >= 4 is 5.91 Å². The molecule has 0 aromatic rings. The fourth-order valence-corrected chi connectivity index (χ4v) is 1.78. The first-order valence-electron chi connectivity index (χ1n) is 6.64. The summed E-state index contributed by atoms with van der Waals surface area (Å²) >= 11 is 0. The largest absolute Gasteiger partial charge is 0.396 e. The van der Waals surface area contributed by atoms with E-state index in [1.165, 1.54) is 12.8 Å². The highest BCUT2D eigenvalue weighted by Crippen LogP contribution is 2.07. The molecule has 0 spiro atoms. The van der Waals surface area contributed by atoms with Crippen LogP contribution < -0.4 is 5.32 Å². The smallest absolute Gasteiger partial charge is 0.220 e. The molecular formula is C13H27NO2. The van der Waals surface area contributed by atoms with Gasteiger partial charge in [-0.3, -0.25) is 4.79 Å². The number of nitrogens with one attached hydrogen (secondary N) is 1. The molecule has 0 bridgehead atoms. The summed E-state index contributed by atoms with van der Waals surface area (Å²) in [7, 11) is 0. The molecule has 0 saturated carbocycles. The fourth-order valence-electron chi connectivity index (χ4n) is 1.78. The molecule has 0 heterocycles. The molecule has 0 radical (unpaired) electrons. The van der Waals surface area contributed by atoms with Gasteiger partial charge in [0.15, 0.2) is 0 Å². The Kier molecular flexibility index (Phi) is 10.5. The minimum absolute atomic E-state index is 0.142. The van der Waals surface area contributed by atoms with Gasteiger partial charge in [-0.15, -0.1) is 0 Å². The number of carbonyl (C=O) groups is 1. The van der Waals surface area contributed by atoms with E-state index in [-0.39, 0.29) is 12.5 Å². The van der Waals surface area contributed by atoms with E-state index in [2.05, 4.69) is 19.2 Å². The van der Waals surface area contributed by atoms with E-state index in [0.29, 0.717) is 12.5 Å². The van der Waals surface area contributed by atoms with Crippen molar-refractivity contribution in [3.63, 3.8) is 0 Å². The summed E-state index contributed by atoms with van der Waals surface area (Å²) < 4.78 is 0. The highest BCUT2D eigenvalue weighted by molar-refractivity contribution is 5.76. The van der Waals surface area contributed by atoms with E-state index < -0.39 is 0 Å². The van der Waals surface area contributed by atoms with Gasteiger partial charge in [0, 0.05) is 19.1 Å². The Morgan fingerprint density at radius 1 is 1.12 bits per heavy atom. The first-order valence-corrected chi connectivity index (χ1v) is 6.64. The van der Waals surface area contributed by atoms with Crippen LogP contribution in [0.2, 0.25) is 0 Å². The van der Waals surface area contributed by atoms with Crippen LogP contribution >= 0.6 is 0 Å². The number of rotatable bonds is 10. The van der Waals surface area contributed by atoms with Gasteiger partial charge in [0.2, 0.25) is 5.91 Å². The van der Waals surface area contributed by atoms with Crippen LogP contribution in [0.15, 0.2) is 0 Å². The molecule has 96 valence electrons. The van der Waals surface area contributed by atoms with Crippen molar-refractivity contribution < 1.29 is 9.90 Å². The van der Waals surface area contributed by atoms with E-state index in [4.69, 9.17) is 5.11 Å². The lowest BCUT2D eigenvalue weighted by atomic mass is 10.0. The Hall–Kier alpha value is -0.570. The second-order valence-electron chi connectivity index (χ2n) is 4.38. The maximum Gasteiger partial charge on any atom is 0.220 e. The Bertz CT molecular complexity index is 171. The Morgan fingerprint density at radius 2 is 1.88 bits per heavy atom. The molecule has 1 atom stereocenters. The molecule has 2 N–H and O–H groups in total. The molecule has 16 heavy (non-hydrogen) atoms. The zero-order valence-corrected chi connectivity index (χ0v) is 10.8. The lowest BCUT2D eigenvalue weighted by molar-refractivity contribution is -0.122. The average Bonchev–Trinajstić information content (AvgIpc) is 2.26. The fraction of sp³-hybridized carbons (Fsp3) is 0.923. The molecule has 0 rings (SSSR count). The van der Waals surface area contributed by atoms with Gasteiger partial charge in [-0.25, -0.2) is 0 Å². The van der Waals surface area contributed by atoms with Gasteiger partial charge < -0.3 is 10.4 Å². The summed E-state index contributed by atoms with van der Waals surface area (Å²) in [6.45, 7) is 4.50. The molecule has 0 aliphatic carbocycles. The molecule has 0 aliphatic heterocycles. The van der Waals surface area contributed by atoms with Crippen molar-refractivity contribution in [3.8, 4) is 0 Å². The minimum Gasteiger partial charge on any atom is -0.396 e. The molecule has 1 unspecified atom stereocenters. The third-order valence-electron chi connectivity index (χ3n) is 2.72. The number of aliphatic hydroxyl groups is 1. The molecule has 0 fully saturated rings. The Morgan fingerprint density at radius 3 is 2.44 bits per heavy atom. The second-order valence-corrected chi connectivity index (χ2v) is 4.38. The third kappa shape index (κ3) is 8.72. The number of hydrogen-bond acceptors (Lipinski definition) is 2. The van der Waals surface area contributed by atoms with Gasteiger partial charge in [0.25, 0.3) is 0 Å². The van der Waals surface area contributed by atoms with Crippen molar-refractivity contribution in [2.45, 2.75) is 71.3 Å². The van der Waals surface area contributed by atoms with Gasteiger partial charge in [0.1, 0.15) is 0 Å². The van der Waals surface area contributed by atoms with Crippen LogP contribution in [0, 0.1) is 0 Å². The van der Waals surface area contributed by atoms with Crippen molar-refractivity contribution in [3.05, 3.63) is 0 Å². The minimum atomic E-state index is 0.142.